The van der Waals surface area contributed by atoms with E-state index in [-0.39, 0.29) is 0 Å². The van der Waals surface area contributed by atoms with E-state index in [1.807, 2.05) is 30.3 Å². The van der Waals surface area contributed by atoms with Crippen molar-refractivity contribution in [3.05, 3.63) is 77.9 Å². The van der Waals surface area contributed by atoms with Crippen molar-refractivity contribution in [1.82, 2.24) is 10.0 Å². The molecular weight excluding hydrogens is 440 g/mol. The van der Waals surface area contributed by atoms with E-state index in [0.29, 0.717) is 23.3 Å². The summed E-state index contributed by atoms with van der Waals surface area (Å²) in [4.78, 5) is 0.356. The van der Waals surface area contributed by atoms with E-state index in [1.165, 1.54) is 43.2 Å². The maximum absolute atomic E-state index is 12.8. The lowest BCUT2D eigenvalue weighted by molar-refractivity contribution is 0.263. The van der Waals surface area contributed by atoms with Gasteiger partial charge in [0.25, 0.3) is 0 Å². The van der Waals surface area contributed by atoms with Gasteiger partial charge in [-0.15, -0.1) is 0 Å². The zero-order chi connectivity index (χ0) is 23.4. The van der Waals surface area contributed by atoms with E-state index < -0.39 is 10.0 Å². The topological polar surface area (TPSA) is 58.2 Å². The Morgan fingerprint density at radius 2 is 1.32 bits per heavy atom. The van der Waals surface area contributed by atoms with Crippen molar-refractivity contribution in [3.8, 4) is 0 Å². The number of nitrogens with one attached hydrogen (secondary N) is 2. The van der Waals surface area contributed by atoms with Crippen molar-refractivity contribution >= 4 is 20.8 Å². The summed E-state index contributed by atoms with van der Waals surface area (Å²) in [6.07, 6.45) is 8.27. The largest absolute Gasteiger partial charge is 0.316 e. The van der Waals surface area contributed by atoms with Crippen LogP contribution in [0.2, 0.25) is 0 Å². The zero-order valence-corrected chi connectivity index (χ0v) is 20.7. The third-order valence-electron chi connectivity index (χ3n) is 7.87. The average molecular weight is 477 g/mol. The predicted octanol–water partition coefficient (Wildman–Crippen LogP) is 5.32. The number of hydrogen-bond donors (Lipinski definition) is 2. The number of benzene rings is 3. The molecule has 4 nitrogen and oxygen atoms in total. The second-order valence-electron chi connectivity index (χ2n) is 10.3. The van der Waals surface area contributed by atoms with Gasteiger partial charge in [-0.05, 0) is 110 Å². The Morgan fingerprint density at radius 1 is 0.676 bits per heavy atom. The Bertz CT molecular complexity index is 1220. The van der Waals surface area contributed by atoms with Crippen LogP contribution in [0, 0.1) is 17.8 Å². The molecule has 0 aliphatic heterocycles. The Kier molecular flexibility index (Phi) is 7.33. The molecule has 2 aliphatic carbocycles. The van der Waals surface area contributed by atoms with Gasteiger partial charge in [0.15, 0.2) is 0 Å². The van der Waals surface area contributed by atoms with Crippen molar-refractivity contribution in [3.63, 3.8) is 0 Å². The Labute approximate surface area is 204 Å². The maximum Gasteiger partial charge on any atom is 0.240 e. The second kappa shape index (κ2) is 10.6. The van der Waals surface area contributed by atoms with Gasteiger partial charge in [-0.2, -0.15) is 0 Å². The van der Waals surface area contributed by atoms with Gasteiger partial charge in [0.05, 0.1) is 4.90 Å². The zero-order valence-electron chi connectivity index (χ0n) is 19.9. The van der Waals surface area contributed by atoms with Gasteiger partial charge in [0, 0.05) is 6.54 Å². The smallest absolute Gasteiger partial charge is 0.240 e. The number of sulfonamides is 1. The van der Waals surface area contributed by atoms with E-state index >= 15 is 0 Å². The predicted molar refractivity (Wildman–Crippen MR) is 139 cm³/mol. The first kappa shape index (κ1) is 23.5. The van der Waals surface area contributed by atoms with Crippen molar-refractivity contribution in [2.45, 2.75) is 49.8 Å². The molecule has 180 valence electrons. The van der Waals surface area contributed by atoms with Crippen LogP contribution in [0.4, 0.5) is 0 Å². The molecule has 2 aliphatic rings. The van der Waals surface area contributed by atoms with Gasteiger partial charge >= 0.3 is 0 Å². The van der Waals surface area contributed by atoms with Gasteiger partial charge in [-0.1, -0.05) is 54.6 Å². The van der Waals surface area contributed by atoms with E-state index in [0.717, 1.165) is 42.6 Å². The molecule has 1 fully saturated rings. The minimum absolute atomic E-state index is 0.356. The van der Waals surface area contributed by atoms with E-state index in [1.54, 1.807) is 12.1 Å². The normalized spacial score (nSPS) is 23.0. The fraction of sp³-hybridized carbons (Fsp3) is 0.448. The van der Waals surface area contributed by atoms with Crippen molar-refractivity contribution < 1.29 is 8.42 Å². The van der Waals surface area contributed by atoms with Crippen LogP contribution in [-0.2, 0) is 22.9 Å². The van der Waals surface area contributed by atoms with E-state index in [4.69, 9.17) is 0 Å². The number of aryl methyl sites for hydroxylation is 1. The monoisotopic (exact) mass is 476 g/mol. The van der Waals surface area contributed by atoms with Crippen LogP contribution in [0.1, 0.15) is 43.2 Å². The first-order valence-corrected chi connectivity index (χ1v) is 14.3. The second-order valence-corrected chi connectivity index (χ2v) is 12.1. The van der Waals surface area contributed by atoms with Crippen molar-refractivity contribution in [2.24, 2.45) is 17.8 Å². The van der Waals surface area contributed by atoms with Crippen molar-refractivity contribution in [2.75, 3.05) is 19.6 Å². The highest BCUT2D eigenvalue weighted by Gasteiger charge is 2.24. The quantitative estimate of drug-likeness (QED) is 0.463. The van der Waals surface area contributed by atoms with Crippen LogP contribution in [0.15, 0.2) is 71.6 Å². The summed E-state index contributed by atoms with van der Waals surface area (Å²) in [6.45, 7) is 2.74. The number of rotatable bonds is 8. The molecule has 3 aromatic rings. The van der Waals surface area contributed by atoms with Crippen LogP contribution in [0.5, 0.6) is 0 Å². The summed E-state index contributed by atoms with van der Waals surface area (Å²) in [5, 5.41) is 5.76. The lowest BCUT2D eigenvalue weighted by Gasteiger charge is -2.30. The molecule has 0 amide bonds. The van der Waals surface area contributed by atoms with Crippen LogP contribution >= 0.6 is 0 Å². The molecular formula is C29H36N2O2S. The summed E-state index contributed by atoms with van der Waals surface area (Å²) in [5.41, 5.74) is 3.07. The van der Waals surface area contributed by atoms with Crippen LogP contribution in [-0.4, -0.2) is 28.1 Å². The molecule has 1 atom stereocenters. The molecule has 1 saturated carbocycles. The molecule has 0 aromatic heterocycles. The van der Waals surface area contributed by atoms with Gasteiger partial charge < -0.3 is 5.32 Å². The SMILES string of the molecule is O=S(=O)(NCC1CCC(CNCC2CCc3ccccc3C2)CC1)c1ccc2ccccc2c1. The van der Waals surface area contributed by atoms with Gasteiger partial charge in [-0.25, -0.2) is 13.1 Å². The molecule has 5 heteroatoms. The fourth-order valence-electron chi connectivity index (χ4n) is 5.72. The highest BCUT2D eigenvalue weighted by atomic mass is 32.2. The molecule has 3 aromatic carbocycles. The van der Waals surface area contributed by atoms with E-state index in [9.17, 15) is 8.42 Å². The Balaban J connectivity index is 1.03. The minimum Gasteiger partial charge on any atom is -0.316 e. The summed E-state index contributed by atoms with van der Waals surface area (Å²) in [5.74, 6) is 1.89. The van der Waals surface area contributed by atoms with Crippen molar-refractivity contribution in [1.29, 1.82) is 0 Å². The molecule has 5 rings (SSSR count). The lowest BCUT2D eigenvalue weighted by Crippen LogP contribution is -2.35. The summed E-state index contributed by atoms with van der Waals surface area (Å²) >= 11 is 0. The molecule has 0 heterocycles. The van der Waals surface area contributed by atoms with Gasteiger partial charge in [-0.3, -0.25) is 0 Å². The van der Waals surface area contributed by atoms with Crippen LogP contribution in [0.3, 0.4) is 0 Å². The standard InChI is InChI=1S/C29H36N2O2S/c32-34(33,29-16-15-26-6-2-4-8-28(26)18-29)31-21-23-11-9-22(10-12-23)19-30-20-24-13-14-25-5-1-3-7-27(25)17-24/h1-8,15-16,18,22-24,30-31H,9-14,17,19-21H2. The summed E-state index contributed by atoms with van der Waals surface area (Å²) < 4.78 is 28.5. The van der Waals surface area contributed by atoms with Gasteiger partial charge in [0.2, 0.25) is 10.0 Å². The van der Waals surface area contributed by atoms with Gasteiger partial charge in [0.1, 0.15) is 0 Å². The molecule has 0 bridgehead atoms. The molecule has 0 radical (unpaired) electrons. The van der Waals surface area contributed by atoms with Crippen LogP contribution < -0.4 is 10.0 Å². The highest BCUT2D eigenvalue weighted by Crippen LogP contribution is 2.29. The fourth-order valence-corrected chi connectivity index (χ4v) is 6.88. The average Bonchev–Trinajstić information content (AvgIpc) is 2.88. The first-order valence-electron chi connectivity index (χ1n) is 12.8. The highest BCUT2D eigenvalue weighted by molar-refractivity contribution is 7.89. The van der Waals surface area contributed by atoms with Crippen LogP contribution in [0.25, 0.3) is 10.8 Å². The molecule has 0 saturated heterocycles. The Hall–Kier alpha value is -2.21. The third-order valence-corrected chi connectivity index (χ3v) is 9.30. The minimum atomic E-state index is -3.47. The molecule has 2 N–H and O–H groups in total. The molecule has 0 spiro atoms. The Morgan fingerprint density at radius 3 is 2.12 bits per heavy atom. The molecule has 1 unspecified atom stereocenters. The van der Waals surface area contributed by atoms with E-state index in [2.05, 4.69) is 34.3 Å². The molecule has 34 heavy (non-hydrogen) atoms. The number of fused-ring (bicyclic) bond motifs is 2. The first-order chi connectivity index (χ1) is 16.6. The summed E-state index contributed by atoms with van der Waals surface area (Å²) in [7, 11) is -3.47. The summed E-state index contributed by atoms with van der Waals surface area (Å²) in [6, 6.07) is 22.1. The number of hydrogen-bond acceptors (Lipinski definition) is 3. The third kappa shape index (κ3) is 5.70. The maximum atomic E-state index is 12.8. The lowest BCUT2D eigenvalue weighted by atomic mass is 9.81.